The Kier molecular flexibility index (Phi) is 7.32. The van der Waals surface area contributed by atoms with Gasteiger partial charge in [0.2, 0.25) is 0 Å². The van der Waals surface area contributed by atoms with Crippen LogP contribution in [0.15, 0.2) is 36.5 Å². The smallest absolute Gasteiger partial charge is 0.385 e. The average Bonchev–Trinajstić information content (AvgIpc) is 2.47. The van der Waals surface area contributed by atoms with Crippen molar-refractivity contribution in [2.24, 2.45) is 0 Å². The fraction of sp³-hybridized carbons (Fsp3) is 0.667. The molecule has 0 bridgehead atoms. The van der Waals surface area contributed by atoms with Crippen molar-refractivity contribution in [1.29, 1.82) is 0 Å². The molecule has 0 radical (unpaired) electrons. The molecule has 156 valence electrons. The molecule has 0 unspecified atom stereocenters. The van der Waals surface area contributed by atoms with Crippen molar-refractivity contribution < 1.29 is 35.8 Å². The first-order valence-corrected chi connectivity index (χ1v) is 8.32. The van der Waals surface area contributed by atoms with Gasteiger partial charge in [-0.15, -0.1) is 13.2 Å². The molecule has 0 aromatic carbocycles. The van der Waals surface area contributed by atoms with Gasteiger partial charge in [-0.2, -0.15) is 30.7 Å². The summed E-state index contributed by atoms with van der Waals surface area (Å²) in [4.78, 5) is 1.33. The van der Waals surface area contributed by atoms with Gasteiger partial charge in [-0.1, -0.05) is 23.3 Å². The summed E-state index contributed by atoms with van der Waals surface area (Å²) in [6, 6.07) is -1.01. The van der Waals surface area contributed by atoms with Crippen LogP contribution in [-0.2, 0) is 0 Å². The predicted molar refractivity (Wildman–Crippen MR) is 88.9 cm³/mol. The van der Waals surface area contributed by atoms with Crippen LogP contribution in [0.3, 0.4) is 0 Å². The first kappa shape index (κ1) is 23.7. The zero-order chi connectivity index (χ0) is 21.2. The average molecular weight is 403 g/mol. The molecular weight excluding hydrogens is 379 g/mol. The Morgan fingerprint density at radius 3 is 2.04 bits per heavy atom. The van der Waals surface area contributed by atoms with Crippen molar-refractivity contribution in [1.82, 2.24) is 4.90 Å². The number of nitrogens with zero attached hydrogens (tertiary/aromatic N) is 1. The summed E-state index contributed by atoms with van der Waals surface area (Å²) < 4.78 is 91.2. The Balaban J connectivity index is 3.14. The Bertz CT molecular complexity index is 583. The number of halogens is 7. The van der Waals surface area contributed by atoms with E-state index < -0.39 is 42.8 Å². The van der Waals surface area contributed by atoms with Crippen LogP contribution in [0.25, 0.3) is 0 Å². The van der Waals surface area contributed by atoms with E-state index in [4.69, 9.17) is 0 Å². The summed E-state index contributed by atoms with van der Waals surface area (Å²) in [7, 11) is 0. The molecule has 0 fully saturated rings. The molecule has 1 rings (SSSR count). The standard InChI is InChI=1S/C18H24F7NO/c1-11(2)8-13-6-5-7-14(9-12(3)4)26(13)10-15(27)16(19,20)17(21,22)18(23,24)25/h5-6,13-15,27H,1,3,7-10H2,2,4H3/t13-,14+,15+/m1/s1. The van der Waals surface area contributed by atoms with E-state index in [1.165, 1.54) is 4.90 Å². The van der Waals surface area contributed by atoms with Gasteiger partial charge in [0, 0.05) is 18.6 Å². The summed E-state index contributed by atoms with van der Waals surface area (Å²) in [5.74, 6) is -12.0. The Morgan fingerprint density at radius 1 is 1.07 bits per heavy atom. The molecule has 0 saturated heterocycles. The highest BCUT2D eigenvalue weighted by atomic mass is 19.4. The highest BCUT2D eigenvalue weighted by Crippen LogP contribution is 2.48. The second-order valence-electron chi connectivity index (χ2n) is 7.12. The fourth-order valence-electron chi connectivity index (χ4n) is 3.05. The minimum Gasteiger partial charge on any atom is -0.385 e. The molecule has 0 aromatic heterocycles. The lowest BCUT2D eigenvalue weighted by Gasteiger charge is -2.42. The Hall–Kier alpha value is -1.35. The molecule has 2 nitrogen and oxygen atoms in total. The third-order valence-electron chi connectivity index (χ3n) is 4.38. The van der Waals surface area contributed by atoms with Gasteiger partial charge in [-0.3, -0.25) is 4.90 Å². The molecule has 1 aliphatic rings. The molecule has 9 heteroatoms. The Labute approximate surface area is 154 Å². The topological polar surface area (TPSA) is 23.5 Å². The molecule has 1 aliphatic heterocycles. The highest BCUT2D eigenvalue weighted by Gasteiger charge is 2.75. The van der Waals surface area contributed by atoms with E-state index >= 15 is 0 Å². The van der Waals surface area contributed by atoms with Crippen LogP contribution in [0.2, 0.25) is 0 Å². The molecular formula is C18H24F7NO. The predicted octanol–water partition coefficient (Wildman–Crippen LogP) is 5.11. The van der Waals surface area contributed by atoms with Gasteiger partial charge in [0.1, 0.15) is 6.10 Å². The molecule has 3 atom stereocenters. The summed E-state index contributed by atoms with van der Waals surface area (Å²) in [6.45, 7) is 9.76. The maximum Gasteiger partial charge on any atom is 0.459 e. The number of aliphatic hydroxyl groups is 1. The third-order valence-corrected chi connectivity index (χ3v) is 4.38. The summed E-state index contributed by atoms with van der Waals surface area (Å²) in [6.07, 6.45) is -5.27. The molecule has 1 N–H and O–H groups in total. The summed E-state index contributed by atoms with van der Waals surface area (Å²) in [5, 5.41) is 9.69. The van der Waals surface area contributed by atoms with Crippen molar-refractivity contribution in [3.63, 3.8) is 0 Å². The highest BCUT2D eigenvalue weighted by molar-refractivity contribution is 5.11. The number of hydrogen-bond donors (Lipinski definition) is 1. The SMILES string of the molecule is C=C(C)C[C@@H]1CC=C[C@H](CC(=C)C)N1C[C@H](O)C(F)(F)C(F)(F)C(F)(F)F. The van der Waals surface area contributed by atoms with E-state index in [9.17, 15) is 35.8 Å². The molecule has 27 heavy (non-hydrogen) atoms. The number of hydrogen-bond acceptors (Lipinski definition) is 2. The van der Waals surface area contributed by atoms with Crippen LogP contribution in [-0.4, -0.2) is 52.8 Å². The number of aliphatic hydroxyl groups excluding tert-OH is 1. The lowest BCUT2D eigenvalue weighted by atomic mass is 9.92. The maximum atomic E-state index is 13.8. The van der Waals surface area contributed by atoms with E-state index in [2.05, 4.69) is 13.2 Å². The lowest BCUT2D eigenvalue weighted by Crippen LogP contribution is -2.61. The second-order valence-corrected chi connectivity index (χ2v) is 7.12. The summed E-state index contributed by atoms with van der Waals surface area (Å²) >= 11 is 0. The molecule has 0 amide bonds. The van der Waals surface area contributed by atoms with Gasteiger partial charge in [-0.05, 0) is 33.1 Å². The van der Waals surface area contributed by atoms with E-state index in [1.54, 1.807) is 26.0 Å². The van der Waals surface area contributed by atoms with Crippen LogP contribution < -0.4 is 0 Å². The molecule has 0 saturated carbocycles. The van der Waals surface area contributed by atoms with Crippen LogP contribution in [0.5, 0.6) is 0 Å². The van der Waals surface area contributed by atoms with Crippen LogP contribution >= 0.6 is 0 Å². The van der Waals surface area contributed by atoms with Crippen molar-refractivity contribution in [3.05, 3.63) is 36.5 Å². The maximum absolute atomic E-state index is 13.8. The molecule has 0 aromatic rings. The van der Waals surface area contributed by atoms with Gasteiger partial charge in [0.15, 0.2) is 0 Å². The zero-order valence-electron chi connectivity index (χ0n) is 15.2. The Morgan fingerprint density at radius 2 is 1.59 bits per heavy atom. The van der Waals surface area contributed by atoms with Crippen molar-refractivity contribution >= 4 is 0 Å². The molecule has 1 heterocycles. The summed E-state index contributed by atoms with van der Waals surface area (Å²) in [5.41, 5.74) is 1.36. The van der Waals surface area contributed by atoms with E-state index in [-0.39, 0.29) is 6.42 Å². The zero-order valence-corrected chi connectivity index (χ0v) is 15.2. The van der Waals surface area contributed by atoms with Crippen LogP contribution in [0.1, 0.15) is 33.1 Å². The van der Waals surface area contributed by atoms with Crippen molar-refractivity contribution in [2.45, 2.75) is 69.3 Å². The van der Waals surface area contributed by atoms with E-state index in [0.717, 1.165) is 0 Å². The van der Waals surface area contributed by atoms with Gasteiger partial charge >= 0.3 is 18.0 Å². The second kappa shape index (κ2) is 8.34. The number of rotatable bonds is 8. The van der Waals surface area contributed by atoms with Gasteiger partial charge in [0.25, 0.3) is 0 Å². The van der Waals surface area contributed by atoms with Crippen molar-refractivity contribution in [3.8, 4) is 0 Å². The largest absolute Gasteiger partial charge is 0.459 e. The minimum atomic E-state index is -6.48. The first-order valence-electron chi connectivity index (χ1n) is 8.32. The fourth-order valence-corrected chi connectivity index (χ4v) is 3.05. The van der Waals surface area contributed by atoms with E-state index in [1.807, 2.05) is 0 Å². The minimum absolute atomic E-state index is 0.289. The van der Waals surface area contributed by atoms with Crippen LogP contribution in [0, 0.1) is 0 Å². The van der Waals surface area contributed by atoms with Crippen molar-refractivity contribution in [2.75, 3.05) is 6.54 Å². The molecule has 0 aliphatic carbocycles. The number of alkyl halides is 7. The van der Waals surface area contributed by atoms with E-state index in [0.29, 0.717) is 24.0 Å². The quantitative estimate of drug-likeness (QED) is 0.450. The first-order chi connectivity index (χ1) is 12.1. The van der Waals surface area contributed by atoms with Gasteiger partial charge in [-0.25, -0.2) is 0 Å². The molecule has 0 spiro atoms. The lowest BCUT2D eigenvalue weighted by molar-refractivity contribution is -0.371. The third kappa shape index (κ3) is 5.34. The normalized spacial score (nSPS) is 23.3. The number of β-amino-alcohol motifs (C(OH)–C–C–N with tert-alkyl or cyclic N) is 1. The van der Waals surface area contributed by atoms with Crippen LogP contribution in [0.4, 0.5) is 30.7 Å². The van der Waals surface area contributed by atoms with Gasteiger partial charge in [0.05, 0.1) is 0 Å². The van der Waals surface area contributed by atoms with Gasteiger partial charge < -0.3 is 5.11 Å². The monoisotopic (exact) mass is 403 g/mol.